The van der Waals surface area contributed by atoms with E-state index in [1.54, 1.807) is 0 Å². The Kier molecular flexibility index (Phi) is 14.7. The second-order valence-corrected chi connectivity index (χ2v) is 23.5. The van der Waals surface area contributed by atoms with E-state index in [2.05, 4.69) is 347 Å². The maximum absolute atomic E-state index is 2.37. The Labute approximate surface area is 493 Å². The van der Waals surface area contributed by atoms with E-state index in [4.69, 9.17) is 0 Å². The van der Waals surface area contributed by atoms with Crippen LogP contribution in [0.5, 0.6) is 0 Å². The Morgan fingerprint density at radius 3 is 0.301 bits per heavy atom. The van der Waals surface area contributed by atoms with E-state index < -0.39 is 16.2 Å². The monoisotopic (exact) mass is 1070 g/mol. The van der Waals surface area contributed by atoms with E-state index in [1.165, 1.54) is 134 Å². The van der Waals surface area contributed by atoms with Crippen LogP contribution in [0.4, 0.5) is 0 Å². The second-order valence-electron chi connectivity index (χ2n) is 23.5. The molecule has 0 bridgehead atoms. The van der Waals surface area contributed by atoms with Crippen molar-refractivity contribution in [3.8, 4) is 22.3 Å². The van der Waals surface area contributed by atoms with Crippen LogP contribution in [-0.4, -0.2) is 0 Å². The van der Waals surface area contributed by atoms with Gasteiger partial charge in [-0.3, -0.25) is 0 Å². The van der Waals surface area contributed by atoms with Crippen LogP contribution in [0.3, 0.4) is 0 Å². The van der Waals surface area contributed by atoms with Crippen molar-refractivity contribution in [1.29, 1.82) is 0 Å². The highest BCUT2D eigenvalue weighted by Crippen LogP contribution is 2.50. The fourth-order valence-corrected chi connectivity index (χ4v) is 13.1. The Hall–Kier alpha value is -9.36. The molecule has 0 saturated heterocycles. The van der Waals surface area contributed by atoms with Crippen LogP contribution >= 0.6 is 0 Å². The highest BCUT2D eigenvalue weighted by atomic mass is 14.4. The van der Waals surface area contributed by atoms with Gasteiger partial charge in [0.15, 0.2) is 0 Å². The van der Waals surface area contributed by atoms with Gasteiger partial charge in [0.1, 0.15) is 0 Å². The number of aryl methyl sites for hydroxylation is 8. The minimum atomic E-state index is -0.627. The third-order valence-corrected chi connectivity index (χ3v) is 17.8. The molecule has 0 nitrogen and oxygen atoms in total. The smallest absolute Gasteiger partial charge is 0.0590 e. The van der Waals surface area contributed by atoms with Crippen molar-refractivity contribution < 1.29 is 0 Å². The van der Waals surface area contributed by atoms with Crippen molar-refractivity contribution in [2.75, 3.05) is 0 Å². The molecular weight excluding hydrogens is 997 g/mol. The van der Waals surface area contributed by atoms with Gasteiger partial charge in [0.2, 0.25) is 0 Å². The summed E-state index contributed by atoms with van der Waals surface area (Å²) in [5, 5.41) is 0. The van der Waals surface area contributed by atoms with Crippen molar-refractivity contribution in [3.05, 3.63) is 402 Å². The first kappa shape index (κ1) is 54.2. The molecule has 0 aliphatic carbocycles. The lowest BCUT2D eigenvalue weighted by Crippen LogP contribution is -2.31. The Balaban J connectivity index is 0.951. The van der Waals surface area contributed by atoms with Gasteiger partial charge >= 0.3 is 0 Å². The van der Waals surface area contributed by atoms with Gasteiger partial charge in [-0.15, -0.1) is 0 Å². The molecule has 0 aliphatic rings. The maximum atomic E-state index is 2.37. The molecule has 0 heterocycles. The van der Waals surface area contributed by atoms with Crippen LogP contribution < -0.4 is 0 Å². The predicted octanol–water partition coefficient (Wildman–Crippen LogP) is 20.6. The zero-order valence-corrected chi connectivity index (χ0v) is 49.2. The highest BCUT2D eigenvalue weighted by Gasteiger charge is 2.41. The fraction of sp³-hybridized carbons (Fsp3) is 0.133. The van der Waals surface area contributed by atoms with E-state index in [0.717, 1.165) is 0 Å². The Morgan fingerprint density at radius 1 is 0.120 bits per heavy atom. The van der Waals surface area contributed by atoms with E-state index >= 15 is 0 Å². The number of rotatable bonds is 14. The largest absolute Gasteiger partial charge is 0.0701 e. The quantitative estimate of drug-likeness (QED) is 0.0952. The molecule has 404 valence electrons. The van der Waals surface area contributed by atoms with Crippen LogP contribution in [0.1, 0.15) is 111 Å². The summed E-state index contributed by atoms with van der Waals surface area (Å²) >= 11 is 0. The summed E-state index contributed by atoms with van der Waals surface area (Å²) in [5.41, 5.74) is 27.7. The summed E-state index contributed by atoms with van der Waals surface area (Å²) in [4.78, 5) is 0. The first-order chi connectivity index (χ1) is 40.3. The lowest BCUT2D eigenvalue weighted by Gasteiger charge is -2.37. The molecule has 12 rings (SSSR count). The standard InChI is InChI=1S/C83H72/c1-57-9-33-69(34-10-57)81(70-35-11-58(2)12-36-70,71-37-13-59(3)14-38-71)77-49-25-65(26-50-77)67-29-53-79(54-30-67)83(75-45-21-63(7)22-46-75,76-47-23-64(8)24-48-76)80-55-31-68(32-56-80)66-27-51-78(52-28-66)82(72-39-15-60(4)16-40-72,73-41-17-61(5)18-42-73)74-43-19-62(6)20-44-74/h9-56H,1-8H3. The Morgan fingerprint density at radius 2 is 0.205 bits per heavy atom. The van der Waals surface area contributed by atoms with Gasteiger partial charge in [-0.2, -0.15) is 0 Å². The van der Waals surface area contributed by atoms with Crippen LogP contribution in [-0.2, 0) is 16.2 Å². The Bertz CT molecular complexity index is 3630. The molecular formula is C83H72. The first-order valence-electron chi connectivity index (χ1n) is 29.4. The van der Waals surface area contributed by atoms with Crippen molar-refractivity contribution in [1.82, 2.24) is 0 Å². The van der Waals surface area contributed by atoms with E-state index in [0.29, 0.717) is 0 Å². The summed E-state index contributed by atoms with van der Waals surface area (Å²) < 4.78 is 0. The second kappa shape index (κ2) is 22.5. The number of hydrogen-bond donors (Lipinski definition) is 0. The summed E-state index contributed by atoms with van der Waals surface area (Å²) in [6.07, 6.45) is 0. The molecule has 12 aromatic carbocycles. The molecule has 0 amide bonds. The SMILES string of the molecule is Cc1ccc(C(c2ccc(C)cc2)(c2ccc(C)cc2)c2ccc(-c3ccc(C(c4ccc(C)cc4)(c4ccc(C)cc4)c4ccc(-c5ccc(C(c6ccc(C)cc6)(c6ccc(C)cc6)c6ccc(C)cc6)cc5)cc4)cc3)cc2)cc1. The normalized spacial score (nSPS) is 11.9. The van der Waals surface area contributed by atoms with Gasteiger partial charge in [0.25, 0.3) is 0 Å². The number of benzene rings is 12. The first-order valence-corrected chi connectivity index (χ1v) is 29.4. The van der Waals surface area contributed by atoms with E-state index in [9.17, 15) is 0 Å². The third-order valence-electron chi connectivity index (χ3n) is 17.8. The zero-order chi connectivity index (χ0) is 57.3. The zero-order valence-electron chi connectivity index (χ0n) is 49.2. The van der Waals surface area contributed by atoms with Crippen LogP contribution in [0.15, 0.2) is 291 Å². The highest BCUT2D eigenvalue weighted by molar-refractivity contribution is 5.72. The number of hydrogen-bond acceptors (Lipinski definition) is 0. The third kappa shape index (κ3) is 9.97. The van der Waals surface area contributed by atoms with Crippen molar-refractivity contribution in [2.45, 2.75) is 71.6 Å². The molecule has 0 atom stereocenters. The molecule has 83 heavy (non-hydrogen) atoms. The summed E-state index contributed by atoms with van der Waals surface area (Å²) in [6, 6.07) is 111. The minimum Gasteiger partial charge on any atom is -0.0590 e. The molecule has 0 unspecified atom stereocenters. The van der Waals surface area contributed by atoms with Crippen LogP contribution in [0, 0.1) is 55.4 Å². The molecule has 12 aromatic rings. The average molecular weight is 1070 g/mol. The molecule has 0 fully saturated rings. The summed E-state index contributed by atoms with van der Waals surface area (Å²) in [6.45, 7) is 17.4. The van der Waals surface area contributed by atoms with E-state index in [-0.39, 0.29) is 0 Å². The lowest BCUT2D eigenvalue weighted by atomic mass is 9.64. The average Bonchev–Trinajstić information content (AvgIpc) is 3.35. The molecule has 0 radical (unpaired) electrons. The molecule has 0 N–H and O–H groups in total. The molecule has 0 spiro atoms. The van der Waals surface area contributed by atoms with Crippen molar-refractivity contribution >= 4 is 0 Å². The van der Waals surface area contributed by atoms with Gasteiger partial charge in [0, 0.05) is 0 Å². The van der Waals surface area contributed by atoms with Crippen LogP contribution in [0.2, 0.25) is 0 Å². The topological polar surface area (TPSA) is 0 Å². The molecule has 0 saturated carbocycles. The van der Waals surface area contributed by atoms with Gasteiger partial charge in [-0.05, 0) is 144 Å². The van der Waals surface area contributed by atoms with E-state index in [1.807, 2.05) is 0 Å². The maximum Gasteiger partial charge on any atom is 0.0701 e. The van der Waals surface area contributed by atoms with Gasteiger partial charge in [-0.25, -0.2) is 0 Å². The van der Waals surface area contributed by atoms with Crippen LogP contribution in [0.25, 0.3) is 22.3 Å². The molecule has 0 aliphatic heterocycles. The van der Waals surface area contributed by atoms with Gasteiger partial charge < -0.3 is 0 Å². The fourth-order valence-electron chi connectivity index (χ4n) is 13.1. The molecule has 0 aromatic heterocycles. The lowest BCUT2D eigenvalue weighted by molar-refractivity contribution is 0.743. The minimum absolute atomic E-state index is 0.533. The van der Waals surface area contributed by atoms with Crippen molar-refractivity contribution in [3.63, 3.8) is 0 Å². The van der Waals surface area contributed by atoms with Gasteiger partial charge in [-0.1, -0.05) is 336 Å². The summed E-state index contributed by atoms with van der Waals surface area (Å²) in [7, 11) is 0. The van der Waals surface area contributed by atoms with Crippen molar-refractivity contribution in [2.24, 2.45) is 0 Å². The molecule has 0 heteroatoms. The summed E-state index contributed by atoms with van der Waals surface area (Å²) in [5.74, 6) is 0. The predicted molar refractivity (Wildman–Crippen MR) is 350 cm³/mol. The van der Waals surface area contributed by atoms with Gasteiger partial charge in [0.05, 0.1) is 16.2 Å².